The van der Waals surface area contributed by atoms with Crippen LogP contribution in [0.15, 0.2) is 36.4 Å². The number of hydrazine groups is 2. The Morgan fingerprint density at radius 3 is 1.38 bits per heavy atom. The molecule has 0 aliphatic heterocycles. The normalized spacial score (nSPS) is 12.2. The van der Waals surface area contributed by atoms with Crippen molar-refractivity contribution in [1.82, 2.24) is 21.7 Å². The Bertz CT molecular complexity index is 1350. The van der Waals surface area contributed by atoms with Crippen molar-refractivity contribution in [3.05, 3.63) is 58.7 Å². The molecule has 0 saturated carbocycles. The van der Waals surface area contributed by atoms with Crippen molar-refractivity contribution in [2.75, 3.05) is 0 Å². The number of amides is 4. The third-order valence-electron chi connectivity index (χ3n) is 9.31. The van der Waals surface area contributed by atoms with Crippen molar-refractivity contribution in [1.29, 1.82) is 0 Å². The number of aromatic hydroxyl groups is 2. The van der Waals surface area contributed by atoms with E-state index in [0.717, 1.165) is 68.9 Å². The van der Waals surface area contributed by atoms with Crippen LogP contribution >= 0.6 is 0 Å². The van der Waals surface area contributed by atoms with Gasteiger partial charge in [-0.2, -0.15) is 0 Å². The Balaban J connectivity index is 1.94. The summed E-state index contributed by atoms with van der Waals surface area (Å²) in [6.07, 6.45) is 16.8. The maximum absolute atomic E-state index is 13.3. The molecule has 50 heavy (non-hydrogen) atoms. The molecule has 2 rings (SSSR count). The molecule has 0 aromatic heterocycles. The molecule has 4 amide bonds. The van der Waals surface area contributed by atoms with Crippen molar-refractivity contribution in [3.63, 3.8) is 0 Å². The van der Waals surface area contributed by atoms with E-state index in [9.17, 15) is 29.4 Å². The maximum atomic E-state index is 13.3. The molecule has 6 N–H and O–H groups in total. The zero-order valence-corrected chi connectivity index (χ0v) is 30.9. The topological polar surface area (TPSA) is 157 Å². The van der Waals surface area contributed by atoms with Crippen LogP contribution in [0.2, 0.25) is 0 Å². The SMILES string of the molecule is CCCCCCCc1ccc(C(=O)NNC(=O)C(CC)CC(CCCCC)C(=O)NNC(=O)c2ccc(CCCCCCC)cc2O)c(O)c1. The van der Waals surface area contributed by atoms with Gasteiger partial charge in [0, 0.05) is 11.8 Å². The number of nitrogens with one attached hydrogen (secondary N) is 4. The first-order valence-electron chi connectivity index (χ1n) is 19.0. The van der Waals surface area contributed by atoms with E-state index < -0.39 is 35.5 Å². The van der Waals surface area contributed by atoms with E-state index in [1.165, 1.54) is 38.5 Å². The fraction of sp³-hybridized carbons (Fsp3) is 0.600. The molecule has 2 unspecified atom stereocenters. The zero-order valence-electron chi connectivity index (χ0n) is 30.9. The van der Waals surface area contributed by atoms with E-state index in [2.05, 4.69) is 42.5 Å². The largest absolute Gasteiger partial charge is 0.507 e. The number of aryl methyl sites for hydroxylation is 2. The minimum Gasteiger partial charge on any atom is -0.507 e. The van der Waals surface area contributed by atoms with Gasteiger partial charge in [-0.05, 0) is 80.3 Å². The lowest BCUT2D eigenvalue weighted by Crippen LogP contribution is -2.47. The third-order valence-corrected chi connectivity index (χ3v) is 9.31. The molecule has 0 aliphatic rings. The minimum atomic E-state index is -0.636. The Labute approximate surface area is 299 Å². The molecular formula is C40H62N4O6. The van der Waals surface area contributed by atoms with Crippen LogP contribution in [0.25, 0.3) is 0 Å². The van der Waals surface area contributed by atoms with Gasteiger partial charge in [0.1, 0.15) is 11.5 Å². The summed E-state index contributed by atoms with van der Waals surface area (Å²) in [5, 5.41) is 21.0. The monoisotopic (exact) mass is 694 g/mol. The molecule has 0 fully saturated rings. The van der Waals surface area contributed by atoms with Crippen LogP contribution in [0.1, 0.15) is 162 Å². The standard InChI is InChI=1S/C40H62N4O6/c1-5-9-12-14-17-19-29-22-24-33(35(45)26-29)39(49)43-41-37(47)31(8-4)28-32(21-16-11-7-3)38(48)42-44-40(50)34-25-23-30(27-36(34)46)20-18-15-13-10-6-2/h22-27,31-32,45-46H,5-21,28H2,1-4H3,(H,41,47)(H,42,48)(H,43,49)(H,44,50). The molecule has 0 spiro atoms. The molecule has 2 aromatic carbocycles. The van der Waals surface area contributed by atoms with Crippen molar-refractivity contribution in [2.24, 2.45) is 11.8 Å². The molecule has 0 aliphatic carbocycles. The van der Waals surface area contributed by atoms with Crippen molar-refractivity contribution < 1.29 is 29.4 Å². The predicted molar refractivity (Wildman–Crippen MR) is 198 cm³/mol. The Kier molecular flexibility index (Phi) is 20.3. The van der Waals surface area contributed by atoms with E-state index in [4.69, 9.17) is 0 Å². The number of carbonyl (C=O) groups is 4. The average molecular weight is 695 g/mol. The molecule has 10 nitrogen and oxygen atoms in total. The van der Waals surface area contributed by atoms with E-state index in [1.54, 1.807) is 24.3 Å². The summed E-state index contributed by atoms with van der Waals surface area (Å²) in [4.78, 5) is 52.1. The first-order chi connectivity index (χ1) is 24.1. The fourth-order valence-electron chi connectivity index (χ4n) is 6.09. The first kappa shape index (κ1) is 42.1. The van der Waals surface area contributed by atoms with Crippen molar-refractivity contribution in [2.45, 2.75) is 143 Å². The van der Waals surface area contributed by atoms with Crippen LogP contribution in [-0.4, -0.2) is 33.8 Å². The number of carbonyl (C=O) groups excluding carboxylic acids is 4. The lowest BCUT2D eigenvalue weighted by molar-refractivity contribution is -0.129. The highest BCUT2D eigenvalue weighted by Gasteiger charge is 2.27. The summed E-state index contributed by atoms with van der Waals surface area (Å²) in [5.41, 5.74) is 11.8. The summed E-state index contributed by atoms with van der Waals surface area (Å²) < 4.78 is 0. The predicted octanol–water partition coefficient (Wildman–Crippen LogP) is 7.96. The minimum absolute atomic E-state index is 0.0590. The molecule has 2 aromatic rings. The van der Waals surface area contributed by atoms with Gasteiger partial charge >= 0.3 is 0 Å². The molecule has 0 heterocycles. The highest BCUT2D eigenvalue weighted by Crippen LogP contribution is 2.24. The summed E-state index contributed by atoms with van der Waals surface area (Å²) in [6, 6.07) is 9.95. The quantitative estimate of drug-likeness (QED) is 0.0512. The van der Waals surface area contributed by atoms with E-state index in [0.29, 0.717) is 12.8 Å². The Hall–Kier alpha value is -4.08. The number of unbranched alkanes of at least 4 members (excludes halogenated alkanes) is 10. The number of phenols is 2. The highest BCUT2D eigenvalue weighted by molar-refractivity contribution is 5.98. The second-order valence-electron chi connectivity index (χ2n) is 13.5. The lowest BCUT2D eigenvalue weighted by atomic mass is 9.88. The molecule has 0 bridgehead atoms. The number of hydrogen-bond donors (Lipinski definition) is 6. The summed E-state index contributed by atoms with van der Waals surface area (Å²) >= 11 is 0. The number of benzene rings is 2. The number of rotatable bonds is 23. The first-order valence-corrected chi connectivity index (χ1v) is 19.0. The highest BCUT2D eigenvalue weighted by atomic mass is 16.3. The van der Waals surface area contributed by atoms with Gasteiger partial charge in [0.15, 0.2) is 0 Å². The molecule has 2 atom stereocenters. The van der Waals surface area contributed by atoms with E-state index in [-0.39, 0.29) is 29.0 Å². The van der Waals surface area contributed by atoms with Crippen molar-refractivity contribution in [3.8, 4) is 11.5 Å². The van der Waals surface area contributed by atoms with E-state index >= 15 is 0 Å². The van der Waals surface area contributed by atoms with Gasteiger partial charge in [0.25, 0.3) is 11.8 Å². The van der Waals surface area contributed by atoms with Gasteiger partial charge < -0.3 is 10.2 Å². The molecular weight excluding hydrogens is 632 g/mol. The zero-order chi connectivity index (χ0) is 36.7. The van der Waals surface area contributed by atoms with Gasteiger partial charge in [-0.15, -0.1) is 0 Å². The Morgan fingerprint density at radius 2 is 0.960 bits per heavy atom. The van der Waals surface area contributed by atoms with Crippen LogP contribution < -0.4 is 21.7 Å². The third kappa shape index (κ3) is 15.2. The van der Waals surface area contributed by atoms with Crippen LogP contribution in [0.4, 0.5) is 0 Å². The van der Waals surface area contributed by atoms with Gasteiger partial charge in [-0.3, -0.25) is 40.9 Å². The van der Waals surface area contributed by atoms with Crippen LogP contribution in [0.3, 0.4) is 0 Å². The van der Waals surface area contributed by atoms with Gasteiger partial charge in [-0.1, -0.05) is 110 Å². The number of phenolic OH excluding ortho intramolecular Hbond substituents is 2. The average Bonchev–Trinajstić information content (AvgIpc) is 3.10. The smallest absolute Gasteiger partial charge is 0.273 e. The molecule has 10 heteroatoms. The molecule has 0 saturated heterocycles. The van der Waals surface area contributed by atoms with Gasteiger partial charge in [0.2, 0.25) is 11.8 Å². The van der Waals surface area contributed by atoms with E-state index in [1.807, 2.05) is 19.1 Å². The molecule has 0 radical (unpaired) electrons. The number of hydrogen-bond acceptors (Lipinski definition) is 6. The maximum Gasteiger partial charge on any atom is 0.273 e. The second kappa shape index (κ2) is 24.1. The summed E-state index contributed by atoms with van der Waals surface area (Å²) in [5.74, 6) is -3.60. The summed E-state index contributed by atoms with van der Waals surface area (Å²) in [7, 11) is 0. The van der Waals surface area contributed by atoms with Crippen LogP contribution in [0, 0.1) is 11.8 Å². The second-order valence-corrected chi connectivity index (χ2v) is 13.5. The summed E-state index contributed by atoms with van der Waals surface area (Å²) in [6.45, 7) is 8.24. The van der Waals surface area contributed by atoms with Crippen LogP contribution in [-0.2, 0) is 22.4 Å². The van der Waals surface area contributed by atoms with Crippen LogP contribution in [0.5, 0.6) is 11.5 Å². The lowest BCUT2D eigenvalue weighted by Gasteiger charge is -2.22. The fourth-order valence-corrected chi connectivity index (χ4v) is 6.09. The van der Waals surface area contributed by atoms with Crippen molar-refractivity contribution >= 4 is 23.6 Å². The Morgan fingerprint density at radius 1 is 0.540 bits per heavy atom. The molecule has 278 valence electrons. The van der Waals surface area contributed by atoms with Gasteiger partial charge in [0.05, 0.1) is 11.1 Å². The van der Waals surface area contributed by atoms with Gasteiger partial charge in [-0.25, -0.2) is 0 Å².